The van der Waals surface area contributed by atoms with Crippen molar-refractivity contribution in [3.8, 4) is 0 Å². The number of halogens is 1. The molecule has 2 aromatic rings. The third-order valence-electron chi connectivity index (χ3n) is 2.46. The summed E-state index contributed by atoms with van der Waals surface area (Å²) in [5.74, 6) is -0.849. The Kier molecular flexibility index (Phi) is 4.28. The molecular formula is C12H13FN2O2S2. The van der Waals surface area contributed by atoms with Crippen LogP contribution in [0.2, 0.25) is 0 Å². The first-order valence-corrected chi connectivity index (χ1v) is 8.05. The summed E-state index contributed by atoms with van der Waals surface area (Å²) in [7, 11) is -3.93. The summed E-state index contributed by atoms with van der Waals surface area (Å²) in [6.07, 6.45) is 1.80. The molecule has 0 aliphatic rings. The number of nitrogens with zero attached hydrogens (tertiary/aromatic N) is 1. The molecule has 0 saturated heterocycles. The van der Waals surface area contributed by atoms with Crippen molar-refractivity contribution in [3.05, 3.63) is 46.5 Å². The molecule has 0 fully saturated rings. The molecule has 102 valence electrons. The van der Waals surface area contributed by atoms with E-state index in [1.165, 1.54) is 12.3 Å². The zero-order valence-electron chi connectivity index (χ0n) is 10.2. The number of rotatable bonds is 5. The van der Waals surface area contributed by atoms with Crippen molar-refractivity contribution in [3.63, 3.8) is 0 Å². The lowest BCUT2D eigenvalue weighted by molar-refractivity contribution is 0.532. The van der Waals surface area contributed by atoms with Crippen LogP contribution in [0.15, 0.2) is 40.2 Å². The Balaban J connectivity index is 2.11. The highest BCUT2D eigenvalue weighted by Gasteiger charge is 2.22. The normalized spacial score (nSPS) is 13.4. The summed E-state index contributed by atoms with van der Waals surface area (Å²) in [5.41, 5.74) is 1.04. The number of aromatic nitrogens is 1. The SMILES string of the molecule is CC(Cc1ccsc1)NS(=O)(=O)c1ncccc1F. The molecule has 0 radical (unpaired) electrons. The highest BCUT2D eigenvalue weighted by Crippen LogP contribution is 2.13. The highest BCUT2D eigenvalue weighted by molar-refractivity contribution is 7.89. The Bertz CT molecular complexity index is 642. The summed E-state index contributed by atoms with van der Waals surface area (Å²) >= 11 is 1.55. The third-order valence-corrected chi connectivity index (χ3v) is 4.71. The number of thiophene rings is 1. The fraction of sp³-hybridized carbons (Fsp3) is 0.250. The molecule has 1 atom stereocenters. The van der Waals surface area contributed by atoms with E-state index in [0.717, 1.165) is 11.6 Å². The van der Waals surface area contributed by atoms with E-state index in [9.17, 15) is 12.8 Å². The Labute approximate surface area is 115 Å². The van der Waals surface area contributed by atoms with Gasteiger partial charge < -0.3 is 0 Å². The maximum Gasteiger partial charge on any atom is 0.261 e. The minimum atomic E-state index is -3.93. The third kappa shape index (κ3) is 3.59. The van der Waals surface area contributed by atoms with Crippen LogP contribution in [0.1, 0.15) is 12.5 Å². The van der Waals surface area contributed by atoms with Gasteiger partial charge in [-0.15, -0.1) is 0 Å². The van der Waals surface area contributed by atoms with Crippen molar-refractivity contribution in [2.45, 2.75) is 24.4 Å². The fourth-order valence-corrected chi connectivity index (χ4v) is 3.62. The second kappa shape index (κ2) is 5.77. The zero-order chi connectivity index (χ0) is 13.9. The van der Waals surface area contributed by atoms with Crippen LogP contribution in [0.5, 0.6) is 0 Å². The smallest absolute Gasteiger partial charge is 0.241 e. The lowest BCUT2D eigenvalue weighted by atomic mass is 10.1. The van der Waals surface area contributed by atoms with Crippen molar-refractivity contribution in [1.29, 1.82) is 0 Å². The Morgan fingerprint density at radius 3 is 2.89 bits per heavy atom. The van der Waals surface area contributed by atoms with E-state index in [2.05, 4.69) is 9.71 Å². The van der Waals surface area contributed by atoms with Gasteiger partial charge in [0.25, 0.3) is 10.0 Å². The van der Waals surface area contributed by atoms with Crippen LogP contribution >= 0.6 is 11.3 Å². The minimum absolute atomic E-state index is 0.332. The molecule has 19 heavy (non-hydrogen) atoms. The summed E-state index contributed by atoms with van der Waals surface area (Å²) in [6.45, 7) is 1.73. The molecule has 0 aliphatic carbocycles. The number of sulfonamides is 1. The largest absolute Gasteiger partial charge is 0.261 e. The summed E-state index contributed by atoms with van der Waals surface area (Å²) < 4.78 is 39.8. The zero-order valence-corrected chi connectivity index (χ0v) is 11.8. The first-order chi connectivity index (χ1) is 8.99. The highest BCUT2D eigenvalue weighted by atomic mass is 32.2. The van der Waals surface area contributed by atoms with E-state index in [0.29, 0.717) is 6.42 Å². The van der Waals surface area contributed by atoms with Gasteiger partial charge in [-0.3, -0.25) is 0 Å². The van der Waals surface area contributed by atoms with E-state index >= 15 is 0 Å². The van der Waals surface area contributed by atoms with Gasteiger partial charge in [-0.2, -0.15) is 11.3 Å². The minimum Gasteiger partial charge on any atom is -0.241 e. The number of hydrogen-bond acceptors (Lipinski definition) is 4. The Morgan fingerprint density at radius 2 is 2.26 bits per heavy atom. The molecule has 1 N–H and O–H groups in total. The summed E-state index contributed by atoms with van der Waals surface area (Å²) in [4.78, 5) is 3.58. The summed E-state index contributed by atoms with van der Waals surface area (Å²) in [5, 5.41) is 3.31. The van der Waals surface area contributed by atoms with Crippen molar-refractivity contribution >= 4 is 21.4 Å². The van der Waals surface area contributed by atoms with Gasteiger partial charge in [-0.25, -0.2) is 22.5 Å². The molecule has 1 unspecified atom stereocenters. The van der Waals surface area contributed by atoms with Gasteiger partial charge in [0.15, 0.2) is 5.82 Å². The van der Waals surface area contributed by atoms with E-state index in [-0.39, 0.29) is 6.04 Å². The van der Waals surface area contributed by atoms with Crippen molar-refractivity contribution < 1.29 is 12.8 Å². The second-order valence-corrected chi connectivity index (χ2v) is 6.56. The van der Waals surface area contributed by atoms with Gasteiger partial charge in [-0.1, -0.05) is 0 Å². The van der Waals surface area contributed by atoms with Crippen LogP contribution in [0.25, 0.3) is 0 Å². The predicted octanol–water partition coefficient (Wildman–Crippen LogP) is 2.19. The predicted molar refractivity (Wildman–Crippen MR) is 72.0 cm³/mol. The molecule has 0 amide bonds. The van der Waals surface area contributed by atoms with Crippen molar-refractivity contribution in [1.82, 2.24) is 9.71 Å². The van der Waals surface area contributed by atoms with Gasteiger partial charge in [0.05, 0.1) is 0 Å². The second-order valence-electron chi connectivity index (χ2n) is 4.15. The van der Waals surface area contributed by atoms with Crippen LogP contribution < -0.4 is 4.72 Å². The van der Waals surface area contributed by atoms with E-state index < -0.39 is 20.9 Å². The molecule has 0 spiro atoms. The van der Waals surface area contributed by atoms with Crippen LogP contribution in [-0.2, 0) is 16.4 Å². The molecule has 0 saturated carbocycles. The average molecular weight is 300 g/mol. The molecule has 0 bridgehead atoms. The number of nitrogens with one attached hydrogen (secondary N) is 1. The van der Waals surface area contributed by atoms with E-state index in [1.807, 2.05) is 16.8 Å². The monoisotopic (exact) mass is 300 g/mol. The van der Waals surface area contributed by atoms with Crippen molar-refractivity contribution in [2.24, 2.45) is 0 Å². The molecule has 4 nitrogen and oxygen atoms in total. The summed E-state index contributed by atoms with van der Waals surface area (Å²) in [6, 6.07) is 4.02. The van der Waals surface area contributed by atoms with Gasteiger partial charge in [0.2, 0.25) is 5.03 Å². The van der Waals surface area contributed by atoms with Crippen LogP contribution in [-0.4, -0.2) is 19.4 Å². The van der Waals surface area contributed by atoms with Gasteiger partial charge in [0, 0.05) is 12.2 Å². The molecule has 2 rings (SSSR count). The maximum absolute atomic E-state index is 13.4. The molecular weight excluding hydrogens is 287 g/mol. The van der Waals surface area contributed by atoms with Gasteiger partial charge in [0.1, 0.15) is 0 Å². The quantitative estimate of drug-likeness (QED) is 0.921. The first-order valence-electron chi connectivity index (χ1n) is 5.63. The molecule has 0 aliphatic heterocycles. The molecule has 2 heterocycles. The van der Waals surface area contributed by atoms with Crippen LogP contribution in [0.3, 0.4) is 0 Å². The van der Waals surface area contributed by atoms with E-state index in [4.69, 9.17) is 0 Å². The van der Waals surface area contributed by atoms with E-state index in [1.54, 1.807) is 18.3 Å². The molecule has 0 aromatic carbocycles. The Hall–Kier alpha value is -1.31. The Morgan fingerprint density at radius 1 is 1.47 bits per heavy atom. The standard InChI is InChI=1S/C12H13FN2O2S2/c1-9(7-10-4-6-18-8-10)15-19(16,17)12-11(13)3-2-5-14-12/h2-6,8-9,15H,7H2,1H3. The lowest BCUT2D eigenvalue weighted by Gasteiger charge is -2.13. The van der Waals surface area contributed by atoms with Gasteiger partial charge >= 0.3 is 0 Å². The van der Waals surface area contributed by atoms with Gasteiger partial charge in [-0.05, 0) is 47.9 Å². The average Bonchev–Trinajstić information content (AvgIpc) is 2.81. The number of pyridine rings is 1. The fourth-order valence-electron chi connectivity index (χ4n) is 1.69. The molecule has 7 heteroatoms. The first kappa shape index (κ1) is 14.1. The maximum atomic E-state index is 13.4. The van der Waals surface area contributed by atoms with Crippen LogP contribution in [0, 0.1) is 5.82 Å². The lowest BCUT2D eigenvalue weighted by Crippen LogP contribution is -2.35. The van der Waals surface area contributed by atoms with Crippen LogP contribution in [0.4, 0.5) is 4.39 Å². The molecule has 2 aromatic heterocycles. The topological polar surface area (TPSA) is 59.1 Å². The number of hydrogen-bond donors (Lipinski definition) is 1. The van der Waals surface area contributed by atoms with Crippen molar-refractivity contribution in [2.75, 3.05) is 0 Å².